The lowest BCUT2D eigenvalue weighted by Crippen LogP contribution is -2.40. The SMILES string of the molecule is CCNC(=NCc1ccccn1)N1CCC(Cc2ccccc2)C1.I. The average Bonchev–Trinajstić information content (AvgIpc) is 3.09. The number of guanidine groups is 1. The van der Waals surface area contributed by atoms with Crippen LogP contribution in [0.2, 0.25) is 0 Å². The Morgan fingerprint density at radius 2 is 2.00 bits per heavy atom. The minimum atomic E-state index is 0. The number of nitrogens with one attached hydrogen (secondary N) is 1. The lowest BCUT2D eigenvalue weighted by atomic mass is 9.99. The van der Waals surface area contributed by atoms with Crippen LogP contribution < -0.4 is 5.32 Å². The predicted molar refractivity (Wildman–Crippen MR) is 114 cm³/mol. The summed E-state index contributed by atoms with van der Waals surface area (Å²) >= 11 is 0. The molecule has 134 valence electrons. The van der Waals surface area contributed by atoms with E-state index in [1.807, 2.05) is 24.4 Å². The number of likely N-dealkylation sites (tertiary alicyclic amines) is 1. The first-order valence-corrected chi connectivity index (χ1v) is 8.82. The van der Waals surface area contributed by atoms with E-state index in [1.54, 1.807) is 0 Å². The molecule has 1 aliphatic rings. The number of hydrogen-bond donors (Lipinski definition) is 1. The summed E-state index contributed by atoms with van der Waals surface area (Å²) < 4.78 is 0. The van der Waals surface area contributed by atoms with Crippen molar-refractivity contribution in [3.05, 3.63) is 66.0 Å². The minimum absolute atomic E-state index is 0. The van der Waals surface area contributed by atoms with Crippen molar-refractivity contribution in [3.63, 3.8) is 0 Å². The highest BCUT2D eigenvalue weighted by Gasteiger charge is 2.24. The fourth-order valence-corrected chi connectivity index (χ4v) is 3.21. The summed E-state index contributed by atoms with van der Waals surface area (Å²) in [4.78, 5) is 11.5. The summed E-state index contributed by atoms with van der Waals surface area (Å²) in [6, 6.07) is 16.8. The van der Waals surface area contributed by atoms with Crippen molar-refractivity contribution in [1.82, 2.24) is 15.2 Å². The highest BCUT2D eigenvalue weighted by Crippen LogP contribution is 2.21. The molecule has 0 amide bonds. The van der Waals surface area contributed by atoms with E-state index in [0.717, 1.165) is 37.7 Å². The Hall–Kier alpha value is -1.63. The van der Waals surface area contributed by atoms with Crippen molar-refractivity contribution < 1.29 is 0 Å². The second kappa shape index (κ2) is 10.4. The van der Waals surface area contributed by atoms with Crippen molar-refractivity contribution in [1.29, 1.82) is 0 Å². The lowest BCUT2D eigenvalue weighted by Gasteiger charge is -2.21. The molecule has 4 nitrogen and oxygen atoms in total. The highest BCUT2D eigenvalue weighted by atomic mass is 127. The van der Waals surface area contributed by atoms with Crippen molar-refractivity contribution in [2.45, 2.75) is 26.3 Å². The van der Waals surface area contributed by atoms with Gasteiger partial charge in [0.15, 0.2) is 5.96 Å². The van der Waals surface area contributed by atoms with Gasteiger partial charge in [0, 0.05) is 25.8 Å². The van der Waals surface area contributed by atoms with Gasteiger partial charge in [-0.2, -0.15) is 0 Å². The van der Waals surface area contributed by atoms with Gasteiger partial charge in [-0.25, -0.2) is 4.99 Å². The van der Waals surface area contributed by atoms with Crippen molar-refractivity contribution in [3.8, 4) is 0 Å². The maximum atomic E-state index is 4.78. The van der Waals surface area contributed by atoms with Crippen molar-refractivity contribution in [2.24, 2.45) is 10.9 Å². The number of aromatic nitrogens is 1. The summed E-state index contributed by atoms with van der Waals surface area (Å²) in [5.41, 5.74) is 2.44. The minimum Gasteiger partial charge on any atom is -0.357 e. The molecule has 1 unspecified atom stereocenters. The molecule has 1 fully saturated rings. The second-order valence-electron chi connectivity index (χ2n) is 6.28. The van der Waals surface area contributed by atoms with E-state index < -0.39 is 0 Å². The summed E-state index contributed by atoms with van der Waals surface area (Å²) in [6.45, 7) is 5.78. The van der Waals surface area contributed by atoms with Crippen LogP contribution in [-0.4, -0.2) is 35.5 Å². The van der Waals surface area contributed by atoms with E-state index in [1.165, 1.54) is 12.0 Å². The Morgan fingerprint density at radius 3 is 2.72 bits per heavy atom. The summed E-state index contributed by atoms with van der Waals surface area (Å²) in [5.74, 6) is 1.71. The Morgan fingerprint density at radius 1 is 1.20 bits per heavy atom. The summed E-state index contributed by atoms with van der Waals surface area (Å²) in [5, 5.41) is 3.43. The third-order valence-corrected chi connectivity index (χ3v) is 4.40. The molecule has 3 rings (SSSR count). The molecule has 0 bridgehead atoms. The van der Waals surface area contributed by atoms with Crippen LogP contribution in [0.15, 0.2) is 59.7 Å². The number of pyridine rings is 1. The zero-order chi connectivity index (χ0) is 16.6. The molecule has 1 aromatic heterocycles. The predicted octanol–water partition coefficient (Wildman–Crippen LogP) is 3.73. The quantitative estimate of drug-likeness (QED) is 0.429. The Kier molecular flexibility index (Phi) is 8.18. The van der Waals surface area contributed by atoms with Gasteiger partial charge in [-0.15, -0.1) is 24.0 Å². The normalized spacial score (nSPS) is 17.2. The topological polar surface area (TPSA) is 40.5 Å². The molecular weight excluding hydrogens is 423 g/mol. The van der Waals surface area contributed by atoms with E-state index in [4.69, 9.17) is 4.99 Å². The van der Waals surface area contributed by atoms with Gasteiger partial charge in [-0.3, -0.25) is 4.98 Å². The van der Waals surface area contributed by atoms with Gasteiger partial charge in [-0.1, -0.05) is 36.4 Å². The van der Waals surface area contributed by atoms with E-state index in [-0.39, 0.29) is 24.0 Å². The molecule has 0 spiro atoms. The molecule has 1 atom stereocenters. The number of halogens is 1. The fraction of sp³-hybridized carbons (Fsp3) is 0.400. The standard InChI is InChI=1S/C20H26N4.HI/c1-2-21-20(23-15-19-10-6-7-12-22-19)24-13-11-18(16-24)14-17-8-4-3-5-9-17;/h3-10,12,18H,2,11,13-16H2,1H3,(H,21,23);1H. The van der Waals surface area contributed by atoms with Gasteiger partial charge < -0.3 is 10.2 Å². The maximum absolute atomic E-state index is 4.78. The van der Waals surface area contributed by atoms with E-state index in [2.05, 4.69) is 52.5 Å². The number of hydrogen-bond acceptors (Lipinski definition) is 2. The zero-order valence-corrected chi connectivity index (χ0v) is 17.1. The monoisotopic (exact) mass is 450 g/mol. The van der Waals surface area contributed by atoms with E-state index in [9.17, 15) is 0 Å². The van der Waals surface area contributed by atoms with E-state index in [0.29, 0.717) is 12.5 Å². The first-order chi connectivity index (χ1) is 11.8. The number of nitrogens with zero attached hydrogens (tertiary/aromatic N) is 3. The summed E-state index contributed by atoms with van der Waals surface area (Å²) in [6.07, 6.45) is 4.20. The van der Waals surface area contributed by atoms with Gasteiger partial charge in [0.05, 0.1) is 12.2 Å². The number of rotatable bonds is 5. The molecule has 1 N–H and O–H groups in total. The molecule has 25 heavy (non-hydrogen) atoms. The van der Waals surface area contributed by atoms with Crippen LogP contribution in [0, 0.1) is 5.92 Å². The van der Waals surface area contributed by atoms with Crippen molar-refractivity contribution >= 4 is 29.9 Å². The molecule has 1 saturated heterocycles. The molecule has 2 aromatic rings. The van der Waals surface area contributed by atoms with Crippen LogP contribution in [0.4, 0.5) is 0 Å². The van der Waals surface area contributed by atoms with Crippen LogP contribution in [0.5, 0.6) is 0 Å². The largest absolute Gasteiger partial charge is 0.357 e. The van der Waals surface area contributed by atoms with Gasteiger partial charge in [-0.05, 0) is 43.4 Å². The molecule has 0 saturated carbocycles. The first-order valence-electron chi connectivity index (χ1n) is 8.82. The van der Waals surface area contributed by atoms with Gasteiger partial charge >= 0.3 is 0 Å². The lowest BCUT2D eigenvalue weighted by molar-refractivity contribution is 0.460. The highest BCUT2D eigenvalue weighted by molar-refractivity contribution is 14.0. The zero-order valence-electron chi connectivity index (χ0n) is 14.8. The average molecular weight is 450 g/mol. The van der Waals surface area contributed by atoms with Crippen LogP contribution in [0.1, 0.15) is 24.6 Å². The third kappa shape index (κ3) is 5.99. The van der Waals surface area contributed by atoms with E-state index >= 15 is 0 Å². The molecule has 1 aromatic carbocycles. The third-order valence-electron chi connectivity index (χ3n) is 4.40. The number of aliphatic imine (C=N–C) groups is 1. The van der Waals surface area contributed by atoms with Crippen LogP contribution in [0.3, 0.4) is 0 Å². The molecule has 0 aliphatic carbocycles. The Balaban J connectivity index is 0.00000225. The molecule has 2 heterocycles. The van der Waals surface area contributed by atoms with Gasteiger partial charge in [0.2, 0.25) is 0 Å². The summed E-state index contributed by atoms with van der Waals surface area (Å²) in [7, 11) is 0. The van der Waals surface area contributed by atoms with Crippen LogP contribution >= 0.6 is 24.0 Å². The van der Waals surface area contributed by atoms with Gasteiger partial charge in [0.25, 0.3) is 0 Å². The molecule has 0 radical (unpaired) electrons. The molecule has 1 aliphatic heterocycles. The van der Waals surface area contributed by atoms with Crippen LogP contribution in [0.25, 0.3) is 0 Å². The Labute approximate surface area is 167 Å². The van der Waals surface area contributed by atoms with Gasteiger partial charge in [0.1, 0.15) is 0 Å². The second-order valence-corrected chi connectivity index (χ2v) is 6.28. The maximum Gasteiger partial charge on any atom is 0.194 e. The Bertz CT molecular complexity index is 645. The number of benzene rings is 1. The van der Waals surface area contributed by atoms with Crippen molar-refractivity contribution in [2.75, 3.05) is 19.6 Å². The molecule has 5 heteroatoms. The fourth-order valence-electron chi connectivity index (χ4n) is 3.21. The molecular formula is C20H27IN4. The van der Waals surface area contributed by atoms with Crippen LogP contribution in [-0.2, 0) is 13.0 Å². The smallest absolute Gasteiger partial charge is 0.194 e. The first kappa shape index (κ1) is 19.7.